The van der Waals surface area contributed by atoms with Gasteiger partial charge < -0.3 is 5.32 Å². The number of nitrogens with one attached hydrogen (secondary N) is 1. The van der Waals surface area contributed by atoms with Crippen molar-refractivity contribution in [1.29, 1.82) is 0 Å². The molecule has 9 heteroatoms. The van der Waals surface area contributed by atoms with Crippen molar-refractivity contribution in [3.8, 4) is 0 Å². The predicted octanol–water partition coefficient (Wildman–Crippen LogP) is 3.52. The van der Waals surface area contributed by atoms with Crippen molar-refractivity contribution in [3.63, 3.8) is 0 Å². The Morgan fingerprint density at radius 1 is 0.853 bits per heavy atom. The summed E-state index contributed by atoms with van der Waals surface area (Å²) < 4.78 is 27.0. The van der Waals surface area contributed by atoms with Crippen LogP contribution in [0.15, 0.2) is 83.8 Å². The van der Waals surface area contributed by atoms with E-state index in [1.807, 2.05) is 11.0 Å². The molecule has 0 radical (unpaired) electrons. The van der Waals surface area contributed by atoms with Gasteiger partial charge in [0.15, 0.2) is 5.78 Å². The lowest BCUT2D eigenvalue weighted by atomic mass is 10.0. The van der Waals surface area contributed by atoms with Crippen LogP contribution in [0.2, 0.25) is 5.02 Å². The summed E-state index contributed by atoms with van der Waals surface area (Å²) >= 11 is 6.11. The lowest BCUT2D eigenvalue weighted by Gasteiger charge is -2.33. The molecule has 0 saturated carbocycles. The van der Waals surface area contributed by atoms with Crippen molar-refractivity contribution < 1.29 is 18.0 Å². The summed E-state index contributed by atoms with van der Waals surface area (Å²) in [5.74, 6) is -0.526. The average molecular weight is 498 g/mol. The molecule has 0 atom stereocenters. The summed E-state index contributed by atoms with van der Waals surface area (Å²) in [6.45, 7) is 1.53. The number of carbonyl (C=O) groups excluding carboxylic acids is 2. The maximum atomic E-state index is 13.0. The average Bonchev–Trinajstić information content (AvgIpc) is 2.86. The molecule has 7 nitrogen and oxygen atoms in total. The number of ketones is 1. The van der Waals surface area contributed by atoms with Gasteiger partial charge in [0.1, 0.15) is 0 Å². The van der Waals surface area contributed by atoms with Gasteiger partial charge in [-0.1, -0.05) is 60.1 Å². The van der Waals surface area contributed by atoms with E-state index in [1.165, 1.54) is 4.31 Å². The molecule has 0 unspecified atom stereocenters. The van der Waals surface area contributed by atoms with Crippen LogP contribution in [-0.2, 0) is 14.8 Å². The predicted molar refractivity (Wildman–Crippen MR) is 132 cm³/mol. The van der Waals surface area contributed by atoms with E-state index in [0.717, 1.165) is 0 Å². The van der Waals surface area contributed by atoms with Crippen LogP contribution in [0, 0.1) is 0 Å². The number of hydrogen-bond donors (Lipinski definition) is 1. The highest BCUT2D eigenvalue weighted by Crippen LogP contribution is 2.24. The number of benzene rings is 3. The van der Waals surface area contributed by atoms with Gasteiger partial charge in [-0.2, -0.15) is 4.31 Å². The molecule has 4 rings (SSSR count). The van der Waals surface area contributed by atoms with E-state index >= 15 is 0 Å². The van der Waals surface area contributed by atoms with Gasteiger partial charge in [-0.05, 0) is 30.3 Å². The Labute approximate surface area is 204 Å². The first-order chi connectivity index (χ1) is 16.3. The van der Waals surface area contributed by atoms with Crippen molar-refractivity contribution in [2.24, 2.45) is 0 Å². The first kappa shape index (κ1) is 24.1. The molecule has 0 bridgehead atoms. The molecule has 1 amide bonds. The highest BCUT2D eigenvalue weighted by atomic mass is 35.5. The fourth-order valence-electron chi connectivity index (χ4n) is 3.82. The number of piperazine rings is 1. The van der Waals surface area contributed by atoms with Crippen LogP contribution in [0.5, 0.6) is 0 Å². The minimum atomic E-state index is -3.55. The van der Waals surface area contributed by atoms with E-state index in [4.69, 9.17) is 11.6 Å². The first-order valence-corrected chi connectivity index (χ1v) is 12.6. The van der Waals surface area contributed by atoms with Gasteiger partial charge in [-0.15, -0.1) is 0 Å². The highest BCUT2D eigenvalue weighted by molar-refractivity contribution is 7.89. The molecule has 0 aliphatic carbocycles. The van der Waals surface area contributed by atoms with Crippen LogP contribution in [-0.4, -0.2) is 62.0 Å². The summed E-state index contributed by atoms with van der Waals surface area (Å²) in [6.07, 6.45) is 0. The Hall–Kier alpha value is -3.04. The van der Waals surface area contributed by atoms with Crippen molar-refractivity contribution in [3.05, 3.63) is 95.0 Å². The molecule has 1 fully saturated rings. The molecule has 176 valence electrons. The topological polar surface area (TPSA) is 86.8 Å². The second-order valence-electron chi connectivity index (χ2n) is 7.93. The number of hydrogen-bond acceptors (Lipinski definition) is 5. The second-order valence-corrected chi connectivity index (χ2v) is 10.3. The molecule has 34 heavy (non-hydrogen) atoms. The van der Waals surface area contributed by atoms with Gasteiger partial charge in [0.25, 0.3) is 0 Å². The third-order valence-corrected chi connectivity index (χ3v) is 7.76. The van der Waals surface area contributed by atoms with Gasteiger partial charge in [-0.3, -0.25) is 14.5 Å². The van der Waals surface area contributed by atoms with Crippen LogP contribution in [0.4, 0.5) is 5.69 Å². The fourth-order valence-corrected chi connectivity index (χ4v) is 5.44. The maximum Gasteiger partial charge on any atom is 0.243 e. The number of sulfonamides is 1. The second kappa shape index (κ2) is 10.5. The summed E-state index contributed by atoms with van der Waals surface area (Å²) in [5.41, 5.74) is 1.19. The minimum Gasteiger partial charge on any atom is -0.324 e. The SMILES string of the molecule is O=C(CN1CCN(S(=O)(=O)c2ccccc2)CC1)Nc1ccc(Cl)cc1C(=O)c1ccccc1. The van der Waals surface area contributed by atoms with Crippen LogP contribution in [0.25, 0.3) is 0 Å². The van der Waals surface area contributed by atoms with Crippen molar-refractivity contribution in [2.75, 3.05) is 38.0 Å². The number of halogens is 1. The van der Waals surface area contributed by atoms with E-state index < -0.39 is 10.0 Å². The molecule has 1 aliphatic heterocycles. The Kier molecular flexibility index (Phi) is 7.43. The number of carbonyl (C=O) groups is 2. The maximum absolute atomic E-state index is 13.0. The molecule has 1 N–H and O–H groups in total. The largest absolute Gasteiger partial charge is 0.324 e. The molecule has 1 saturated heterocycles. The van der Waals surface area contributed by atoms with E-state index in [1.54, 1.807) is 72.8 Å². The molecule has 1 heterocycles. The fraction of sp³-hybridized carbons (Fsp3) is 0.200. The van der Waals surface area contributed by atoms with Gasteiger partial charge in [0.05, 0.1) is 17.1 Å². The van der Waals surface area contributed by atoms with Gasteiger partial charge in [-0.25, -0.2) is 8.42 Å². The van der Waals surface area contributed by atoms with Crippen molar-refractivity contribution in [2.45, 2.75) is 4.90 Å². The minimum absolute atomic E-state index is 0.0841. The zero-order chi connectivity index (χ0) is 24.1. The zero-order valence-corrected chi connectivity index (χ0v) is 19.9. The van der Waals surface area contributed by atoms with Crippen molar-refractivity contribution in [1.82, 2.24) is 9.21 Å². The highest BCUT2D eigenvalue weighted by Gasteiger charge is 2.29. The molecular formula is C25H24ClN3O4S. The normalized spacial score (nSPS) is 15.1. The van der Waals surface area contributed by atoms with E-state index in [2.05, 4.69) is 5.32 Å². The van der Waals surface area contributed by atoms with Crippen LogP contribution in [0.1, 0.15) is 15.9 Å². The van der Waals surface area contributed by atoms with Gasteiger partial charge >= 0.3 is 0 Å². The summed E-state index contributed by atoms with van der Waals surface area (Å²) in [5, 5.41) is 3.21. The molecular weight excluding hydrogens is 474 g/mol. The Morgan fingerprint density at radius 2 is 1.47 bits per heavy atom. The molecule has 3 aromatic rings. The third-order valence-electron chi connectivity index (χ3n) is 5.62. The molecule has 3 aromatic carbocycles. The number of anilines is 1. The van der Waals surface area contributed by atoms with Crippen LogP contribution < -0.4 is 5.32 Å². The Balaban J connectivity index is 1.38. The van der Waals surface area contributed by atoms with E-state index in [0.29, 0.717) is 48.0 Å². The molecule has 0 spiro atoms. The molecule has 1 aliphatic rings. The van der Waals surface area contributed by atoms with Gasteiger partial charge in [0.2, 0.25) is 15.9 Å². The van der Waals surface area contributed by atoms with Crippen LogP contribution in [0.3, 0.4) is 0 Å². The number of amides is 1. The lowest BCUT2D eigenvalue weighted by Crippen LogP contribution is -2.50. The van der Waals surface area contributed by atoms with E-state index in [9.17, 15) is 18.0 Å². The van der Waals surface area contributed by atoms with E-state index in [-0.39, 0.29) is 23.1 Å². The van der Waals surface area contributed by atoms with Gasteiger partial charge in [0, 0.05) is 42.3 Å². The van der Waals surface area contributed by atoms with Crippen molar-refractivity contribution >= 4 is 39.0 Å². The quantitative estimate of drug-likeness (QED) is 0.505. The smallest absolute Gasteiger partial charge is 0.243 e. The Morgan fingerprint density at radius 3 is 2.12 bits per heavy atom. The first-order valence-electron chi connectivity index (χ1n) is 10.8. The molecule has 0 aromatic heterocycles. The number of nitrogens with zero attached hydrogens (tertiary/aromatic N) is 2. The summed E-state index contributed by atoms with van der Waals surface area (Å²) in [7, 11) is -3.55. The summed E-state index contributed by atoms with van der Waals surface area (Å²) in [6, 6.07) is 21.9. The Bertz CT molecular complexity index is 1280. The number of rotatable bonds is 7. The lowest BCUT2D eigenvalue weighted by molar-refractivity contribution is -0.117. The zero-order valence-electron chi connectivity index (χ0n) is 18.4. The summed E-state index contributed by atoms with van der Waals surface area (Å²) in [4.78, 5) is 27.9. The monoisotopic (exact) mass is 497 g/mol. The standard InChI is InChI=1S/C25H24ClN3O4S/c26-20-11-12-23(22(17-20)25(31)19-7-3-1-4-8-19)27-24(30)18-28-13-15-29(16-14-28)34(32,33)21-9-5-2-6-10-21/h1-12,17H,13-16,18H2,(H,27,30). The van der Waals surface area contributed by atoms with Crippen LogP contribution >= 0.6 is 11.6 Å². The third kappa shape index (κ3) is 5.53.